The highest BCUT2D eigenvalue weighted by atomic mass is 32.1. The lowest BCUT2D eigenvalue weighted by Gasteiger charge is -2.24. The molecule has 0 atom stereocenters. The summed E-state index contributed by atoms with van der Waals surface area (Å²) < 4.78 is 0. The fraction of sp³-hybridized carbons (Fsp3) is 0.182. The van der Waals surface area contributed by atoms with Crippen LogP contribution in [0.2, 0.25) is 0 Å². The van der Waals surface area contributed by atoms with Gasteiger partial charge in [-0.05, 0) is 66.7 Å². The maximum absolute atomic E-state index is 4.18. The first-order chi connectivity index (χ1) is 12.2. The van der Waals surface area contributed by atoms with Gasteiger partial charge in [-0.1, -0.05) is 36.9 Å². The highest BCUT2D eigenvalue weighted by Crippen LogP contribution is 2.48. The van der Waals surface area contributed by atoms with Crippen molar-refractivity contribution in [3.8, 4) is 22.3 Å². The van der Waals surface area contributed by atoms with E-state index in [-0.39, 0.29) is 0 Å². The molecule has 2 aromatic carbocycles. The zero-order valence-electron chi connectivity index (χ0n) is 14.6. The van der Waals surface area contributed by atoms with Crippen molar-refractivity contribution in [2.75, 3.05) is 18.9 Å². The van der Waals surface area contributed by atoms with Gasteiger partial charge in [-0.2, -0.15) is 0 Å². The normalized spacial score (nSPS) is 12.5. The number of anilines is 1. The largest absolute Gasteiger partial charge is 0.354 e. The van der Waals surface area contributed by atoms with Crippen molar-refractivity contribution < 1.29 is 0 Å². The summed E-state index contributed by atoms with van der Waals surface area (Å²) in [7, 11) is 1.99. The minimum absolute atomic E-state index is 0.995. The minimum Gasteiger partial charge on any atom is -0.354 e. The molecule has 3 aromatic rings. The summed E-state index contributed by atoms with van der Waals surface area (Å²) in [5.41, 5.74) is 9.99. The third-order valence-electron chi connectivity index (χ3n) is 4.81. The summed E-state index contributed by atoms with van der Waals surface area (Å²) in [6.45, 7) is 7.38. The fourth-order valence-electron chi connectivity index (χ4n) is 3.53. The van der Waals surface area contributed by atoms with Gasteiger partial charge in [0.25, 0.3) is 0 Å². The van der Waals surface area contributed by atoms with Gasteiger partial charge < -0.3 is 10.6 Å². The van der Waals surface area contributed by atoms with E-state index in [0.717, 1.165) is 24.4 Å². The van der Waals surface area contributed by atoms with Gasteiger partial charge >= 0.3 is 0 Å². The second kappa shape index (κ2) is 6.51. The van der Waals surface area contributed by atoms with Gasteiger partial charge in [0.05, 0.1) is 4.88 Å². The molecule has 1 aliphatic rings. The van der Waals surface area contributed by atoms with Gasteiger partial charge in [-0.25, -0.2) is 0 Å². The highest BCUT2D eigenvalue weighted by Gasteiger charge is 2.24. The Labute approximate surface area is 153 Å². The Bertz CT molecular complexity index is 935. The maximum Gasteiger partial charge on any atom is 0.0578 e. The number of rotatable bonds is 4. The summed E-state index contributed by atoms with van der Waals surface area (Å²) >= 11 is 1.75. The zero-order valence-corrected chi connectivity index (χ0v) is 15.5. The average molecular weight is 346 g/mol. The Hall–Kier alpha value is -2.36. The molecule has 0 bridgehead atoms. The van der Waals surface area contributed by atoms with Gasteiger partial charge in [0.15, 0.2) is 0 Å². The average Bonchev–Trinajstić information content (AvgIpc) is 3.12. The van der Waals surface area contributed by atoms with Crippen molar-refractivity contribution in [2.45, 2.75) is 13.3 Å². The van der Waals surface area contributed by atoms with Crippen LogP contribution in [0.15, 0.2) is 54.4 Å². The van der Waals surface area contributed by atoms with Crippen LogP contribution >= 0.6 is 11.3 Å². The monoisotopic (exact) mass is 346 g/mol. The summed E-state index contributed by atoms with van der Waals surface area (Å²) in [5.74, 6) is 0. The lowest BCUT2D eigenvalue weighted by atomic mass is 9.87. The fourth-order valence-corrected chi connectivity index (χ4v) is 4.36. The lowest BCUT2D eigenvalue weighted by Crippen LogP contribution is -2.10. The molecule has 1 aromatic heterocycles. The predicted octanol–water partition coefficient (Wildman–Crippen LogP) is 5.55. The van der Waals surface area contributed by atoms with E-state index in [1.165, 1.54) is 38.3 Å². The van der Waals surface area contributed by atoms with Crippen LogP contribution in [-0.4, -0.2) is 13.6 Å². The smallest absolute Gasteiger partial charge is 0.0578 e. The summed E-state index contributed by atoms with van der Waals surface area (Å²) in [6, 6.07) is 15.6. The third kappa shape index (κ3) is 2.80. The van der Waals surface area contributed by atoms with Crippen LogP contribution in [0.1, 0.15) is 16.0 Å². The molecule has 0 saturated heterocycles. The molecule has 25 heavy (non-hydrogen) atoms. The van der Waals surface area contributed by atoms with Crippen LogP contribution in [0, 0.1) is 6.92 Å². The van der Waals surface area contributed by atoms with Gasteiger partial charge in [-0.3, -0.25) is 0 Å². The van der Waals surface area contributed by atoms with Crippen LogP contribution in [0.4, 0.5) is 5.69 Å². The lowest BCUT2D eigenvalue weighted by molar-refractivity contribution is 0.792. The van der Waals surface area contributed by atoms with Crippen LogP contribution in [0.5, 0.6) is 0 Å². The van der Waals surface area contributed by atoms with Crippen LogP contribution in [-0.2, 0) is 6.42 Å². The summed E-state index contributed by atoms with van der Waals surface area (Å²) in [6.07, 6.45) is 1.05. The number of aryl methyl sites for hydroxylation is 1. The number of hydrogen-bond acceptors (Lipinski definition) is 3. The topological polar surface area (TPSA) is 24.1 Å². The minimum atomic E-state index is 0.995. The number of nitrogens with one attached hydrogen (secondary N) is 2. The molecule has 0 unspecified atom stereocenters. The molecule has 4 rings (SSSR count). The first kappa shape index (κ1) is 16.1. The molecule has 126 valence electrons. The Balaban J connectivity index is 1.84. The number of benzene rings is 2. The Kier molecular flexibility index (Phi) is 4.20. The van der Waals surface area contributed by atoms with Gasteiger partial charge in [0, 0.05) is 22.5 Å². The maximum atomic E-state index is 4.18. The predicted molar refractivity (Wildman–Crippen MR) is 110 cm³/mol. The van der Waals surface area contributed by atoms with E-state index >= 15 is 0 Å². The molecule has 0 amide bonds. The Morgan fingerprint density at radius 3 is 2.60 bits per heavy atom. The number of thiophene rings is 1. The number of fused-ring (bicyclic) bond motifs is 3. The van der Waals surface area contributed by atoms with E-state index in [0.29, 0.717) is 0 Å². The first-order valence-corrected chi connectivity index (χ1v) is 9.48. The molecule has 2 heterocycles. The summed E-state index contributed by atoms with van der Waals surface area (Å²) in [4.78, 5) is 1.24. The van der Waals surface area contributed by atoms with E-state index in [2.05, 4.69) is 72.0 Å². The van der Waals surface area contributed by atoms with E-state index < -0.39 is 0 Å². The van der Waals surface area contributed by atoms with Crippen molar-refractivity contribution in [2.24, 2.45) is 0 Å². The first-order valence-electron chi connectivity index (χ1n) is 8.60. The molecule has 0 aliphatic carbocycles. The molecule has 2 N–H and O–H groups in total. The van der Waals surface area contributed by atoms with Crippen molar-refractivity contribution in [1.82, 2.24) is 5.32 Å². The van der Waals surface area contributed by atoms with E-state index in [1.807, 2.05) is 7.05 Å². The molecule has 0 spiro atoms. The highest BCUT2D eigenvalue weighted by molar-refractivity contribution is 7.11. The van der Waals surface area contributed by atoms with Crippen molar-refractivity contribution in [1.29, 1.82) is 0 Å². The molecule has 0 radical (unpaired) electrons. The SMILES string of the molecule is C=C1Nc2ccc(C)c(-c3ccc(CCNC)cc3)c2-c2ccsc21. The number of hydrogen-bond donors (Lipinski definition) is 2. The second-order valence-corrected chi connectivity index (χ2v) is 7.41. The van der Waals surface area contributed by atoms with Crippen LogP contribution in [0.3, 0.4) is 0 Å². The quantitative estimate of drug-likeness (QED) is 0.647. The van der Waals surface area contributed by atoms with E-state index in [4.69, 9.17) is 0 Å². The molecular weight excluding hydrogens is 324 g/mol. The zero-order chi connectivity index (χ0) is 17.4. The molecule has 0 saturated carbocycles. The van der Waals surface area contributed by atoms with Crippen molar-refractivity contribution >= 4 is 22.7 Å². The van der Waals surface area contributed by atoms with Gasteiger partial charge in [0.1, 0.15) is 0 Å². The standard InChI is InChI=1S/C22H22N2S/c1-14-4-9-19-21(18-11-13-25-22(18)15(2)24-19)20(14)17-7-5-16(6-8-17)10-12-23-3/h4-9,11,13,23-24H,2,10,12H2,1,3H3. The molecule has 2 nitrogen and oxygen atoms in total. The molecule has 0 fully saturated rings. The molecular formula is C22H22N2S. The van der Waals surface area contributed by atoms with Gasteiger partial charge in [0.2, 0.25) is 0 Å². The van der Waals surface area contributed by atoms with E-state index in [9.17, 15) is 0 Å². The van der Waals surface area contributed by atoms with E-state index in [1.54, 1.807) is 11.3 Å². The Morgan fingerprint density at radius 2 is 1.84 bits per heavy atom. The van der Waals surface area contributed by atoms with Crippen LogP contribution < -0.4 is 10.6 Å². The van der Waals surface area contributed by atoms with Crippen LogP contribution in [0.25, 0.3) is 28.0 Å². The Morgan fingerprint density at radius 1 is 1.04 bits per heavy atom. The van der Waals surface area contributed by atoms with Crippen molar-refractivity contribution in [3.63, 3.8) is 0 Å². The third-order valence-corrected chi connectivity index (χ3v) is 5.79. The second-order valence-electron chi connectivity index (χ2n) is 6.50. The molecule has 1 aliphatic heterocycles. The number of likely N-dealkylation sites (N-methyl/N-ethyl adjacent to an activating group) is 1. The summed E-state index contributed by atoms with van der Waals surface area (Å²) in [5, 5.41) is 8.85. The van der Waals surface area contributed by atoms with Gasteiger partial charge in [-0.15, -0.1) is 11.3 Å². The van der Waals surface area contributed by atoms with Crippen molar-refractivity contribution in [3.05, 3.63) is 70.4 Å². The molecule has 3 heteroatoms.